The van der Waals surface area contributed by atoms with Gasteiger partial charge in [-0.1, -0.05) is 0 Å². The van der Waals surface area contributed by atoms with Crippen molar-refractivity contribution < 1.29 is 9.90 Å². The molecule has 2 heterocycles. The fraction of sp³-hybridized carbons (Fsp3) is 0.143. The standard InChI is InChI=1S/C7H6N4O2S/c1-11-8-2-5(9-11)4-3-14-10-6(4)7(12)13/h2-3H,1H3,(H,12,13). The molecular weight excluding hydrogens is 204 g/mol. The minimum atomic E-state index is -1.05. The van der Waals surface area contributed by atoms with Crippen LogP contribution in [0.5, 0.6) is 0 Å². The minimum Gasteiger partial charge on any atom is -0.476 e. The molecule has 2 rings (SSSR count). The maximum Gasteiger partial charge on any atom is 0.356 e. The van der Waals surface area contributed by atoms with Gasteiger partial charge in [0.1, 0.15) is 5.69 Å². The van der Waals surface area contributed by atoms with Crippen LogP contribution in [0.4, 0.5) is 0 Å². The summed E-state index contributed by atoms with van der Waals surface area (Å²) in [7, 11) is 1.67. The highest BCUT2D eigenvalue weighted by Gasteiger charge is 2.16. The predicted molar refractivity (Wildman–Crippen MR) is 49.1 cm³/mol. The largest absolute Gasteiger partial charge is 0.476 e. The molecule has 0 radical (unpaired) electrons. The Labute approximate surface area is 83.0 Å². The first kappa shape index (κ1) is 8.82. The van der Waals surface area contributed by atoms with Gasteiger partial charge in [-0.3, -0.25) is 0 Å². The Kier molecular flexibility index (Phi) is 2.01. The van der Waals surface area contributed by atoms with Gasteiger partial charge in [0.2, 0.25) is 0 Å². The molecule has 2 aromatic rings. The van der Waals surface area contributed by atoms with Crippen molar-refractivity contribution in [1.29, 1.82) is 0 Å². The van der Waals surface area contributed by atoms with E-state index in [0.29, 0.717) is 11.3 Å². The third-order valence-corrected chi connectivity index (χ3v) is 2.28. The molecule has 0 aliphatic carbocycles. The van der Waals surface area contributed by atoms with Crippen LogP contribution in [0.1, 0.15) is 10.5 Å². The van der Waals surface area contributed by atoms with E-state index >= 15 is 0 Å². The summed E-state index contributed by atoms with van der Waals surface area (Å²) in [6.45, 7) is 0. The molecule has 0 aromatic carbocycles. The van der Waals surface area contributed by atoms with Crippen molar-refractivity contribution in [3.63, 3.8) is 0 Å². The van der Waals surface area contributed by atoms with Crippen LogP contribution in [-0.4, -0.2) is 30.4 Å². The van der Waals surface area contributed by atoms with Gasteiger partial charge in [-0.2, -0.15) is 19.4 Å². The van der Waals surface area contributed by atoms with Crippen molar-refractivity contribution in [3.8, 4) is 11.3 Å². The van der Waals surface area contributed by atoms with Gasteiger partial charge in [-0.15, -0.1) is 0 Å². The second-order valence-electron chi connectivity index (χ2n) is 2.60. The molecule has 72 valence electrons. The van der Waals surface area contributed by atoms with Crippen LogP contribution in [0.15, 0.2) is 11.6 Å². The summed E-state index contributed by atoms with van der Waals surface area (Å²) in [5.41, 5.74) is 1.06. The lowest BCUT2D eigenvalue weighted by molar-refractivity contribution is 0.0692. The summed E-state index contributed by atoms with van der Waals surface area (Å²) in [4.78, 5) is 12.1. The van der Waals surface area contributed by atoms with Crippen molar-refractivity contribution in [2.24, 2.45) is 7.05 Å². The first-order valence-electron chi connectivity index (χ1n) is 3.73. The molecule has 0 fully saturated rings. The van der Waals surface area contributed by atoms with Crippen molar-refractivity contribution in [2.45, 2.75) is 0 Å². The number of carboxylic acid groups (broad SMARTS) is 1. The smallest absolute Gasteiger partial charge is 0.356 e. The Morgan fingerprint density at radius 1 is 1.64 bits per heavy atom. The molecule has 0 unspecified atom stereocenters. The molecule has 7 heteroatoms. The van der Waals surface area contributed by atoms with E-state index < -0.39 is 5.97 Å². The van der Waals surface area contributed by atoms with Gasteiger partial charge in [0.05, 0.1) is 6.20 Å². The molecule has 0 aliphatic heterocycles. The number of carbonyl (C=O) groups is 1. The zero-order valence-electron chi connectivity index (χ0n) is 7.21. The van der Waals surface area contributed by atoms with Crippen LogP contribution in [0.3, 0.4) is 0 Å². The van der Waals surface area contributed by atoms with E-state index in [-0.39, 0.29) is 5.69 Å². The maximum atomic E-state index is 10.8. The molecule has 2 aromatic heterocycles. The lowest BCUT2D eigenvalue weighted by Crippen LogP contribution is -1.99. The average molecular weight is 210 g/mol. The number of hydrogen-bond donors (Lipinski definition) is 1. The average Bonchev–Trinajstić information content (AvgIpc) is 2.70. The van der Waals surface area contributed by atoms with E-state index in [0.717, 1.165) is 11.5 Å². The summed E-state index contributed by atoms with van der Waals surface area (Å²) in [6, 6.07) is 0. The van der Waals surface area contributed by atoms with Crippen LogP contribution in [0, 0.1) is 0 Å². The molecule has 1 N–H and O–H groups in total. The highest BCUT2D eigenvalue weighted by atomic mass is 32.1. The number of rotatable bonds is 2. The monoisotopic (exact) mass is 210 g/mol. The second kappa shape index (κ2) is 3.18. The van der Waals surface area contributed by atoms with Crippen molar-refractivity contribution >= 4 is 17.5 Å². The van der Waals surface area contributed by atoms with E-state index in [1.807, 2.05) is 0 Å². The van der Waals surface area contributed by atoms with Crippen LogP contribution < -0.4 is 0 Å². The number of aryl methyl sites for hydroxylation is 1. The van der Waals surface area contributed by atoms with Gasteiger partial charge in [-0.25, -0.2) is 4.79 Å². The Morgan fingerprint density at radius 3 is 3.00 bits per heavy atom. The quantitative estimate of drug-likeness (QED) is 0.786. The van der Waals surface area contributed by atoms with Gasteiger partial charge in [0.25, 0.3) is 0 Å². The number of carboxylic acids is 1. The zero-order chi connectivity index (χ0) is 10.1. The molecular formula is C7H6N4O2S. The topological polar surface area (TPSA) is 80.9 Å². The number of aromatic nitrogens is 4. The first-order valence-corrected chi connectivity index (χ1v) is 4.56. The van der Waals surface area contributed by atoms with Crippen LogP contribution in [0.2, 0.25) is 0 Å². The van der Waals surface area contributed by atoms with Crippen molar-refractivity contribution in [3.05, 3.63) is 17.3 Å². The van der Waals surface area contributed by atoms with Crippen LogP contribution >= 0.6 is 11.5 Å². The van der Waals surface area contributed by atoms with E-state index in [2.05, 4.69) is 14.6 Å². The number of aromatic carboxylic acids is 1. The van der Waals surface area contributed by atoms with Gasteiger partial charge >= 0.3 is 5.97 Å². The lowest BCUT2D eigenvalue weighted by Gasteiger charge is -1.91. The maximum absolute atomic E-state index is 10.8. The fourth-order valence-corrected chi connectivity index (χ4v) is 1.71. The normalized spacial score (nSPS) is 10.4. The Hall–Kier alpha value is -1.76. The molecule has 0 amide bonds. The Morgan fingerprint density at radius 2 is 2.43 bits per heavy atom. The van der Waals surface area contributed by atoms with Gasteiger partial charge in [0, 0.05) is 18.0 Å². The van der Waals surface area contributed by atoms with E-state index in [1.54, 1.807) is 12.4 Å². The third-order valence-electron chi connectivity index (χ3n) is 1.65. The summed E-state index contributed by atoms with van der Waals surface area (Å²) < 4.78 is 3.77. The van der Waals surface area contributed by atoms with E-state index in [9.17, 15) is 4.79 Å². The molecule has 0 saturated heterocycles. The molecule has 0 atom stereocenters. The van der Waals surface area contributed by atoms with Crippen LogP contribution in [-0.2, 0) is 7.05 Å². The van der Waals surface area contributed by atoms with Gasteiger partial charge < -0.3 is 5.11 Å². The zero-order valence-corrected chi connectivity index (χ0v) is 8.02. The lowest BCUT2D eigenvalue weighted by atomic mass is 10.2. The summed E-state index contributed by atoms with van der Waals surface area (Å²) in [5.74, 6) is -1.05. The highest BCUT2D eigenvalue weighted by Crippen LogP contribution is 2.22. The molecule has 0 saturated carbocycles. The Balaban J connectivity index is 2.51. The minimum absolute atomic E-state index is 0.0236. The van der Waals surface area contributed by atoms with Gasteiger partial charge in [0.15, 0.2) is 5.69 Å². The van der Waals surface area contributed by atoms with Crippen molar-refractivity contribution in [1.82, 2.24) is 19.4 Å². The highest BCUT2D eigenvalue weighted by molar-refractivity contribution is 7.04. The third kappa shape index (κ3) is 1.37. The molecule has 0 bridgehead atoms. The summed E-state index contributed by atoms with van der Waals surface area (Å²) in [5, 5.41) is 18.3. The Bertz CT molecular complexity index is 475. The predicted octanol–water partition coefficient (Wildman–Crippen LogP) is 0.637. The summed E-state index contributed by atoms with van der Waals surface area (Å²) >= 11 is 1.09. The number of hydrogen-bond acceptors (Lipinski definition) is 5. The van der Waals surface area contributed by atoms with Gasteiger partial charge in [-0.05, 0) is 11.5 Å². The number of nitrogens with zero attached hydrogens (tertiary/aromatic N) is 4. The van der Waals surface area contributed by atoms with Crippen LogP contribution in [0.25, 0.3) is 11.3 Å². The molecule has 14 heavy (non-hydrogen) atoms. The molecule has 0 spiro atoms. The van der Waals surface area contributed by atoms with E-state index in [1.165, 1.54) is 11.0 Å². The van der Waals surface area contributed by atoms with E-state index in [4.69, 9.17) is 5.11 Å². The SMILES string of the molecule is Cn1ncc(-c2csnc2C(=O)O)n1. The first-order chi connectivity index (χ1) is 6.68. The fourth-order valence-electron chi connectivity index (χ4n) is 1.04. The second-order valence-corrected chi connectivity index (χ2v) is 3.23. The molecule has 0 aliphatic rings. The summed E-state index contributed by atoms with van der Waals surface area (Å²) in [6.07, 6.45) is 1.51. The van der Waals surface area contributed by atoms with Crippen molar-refractivity contribution in [2.75, 3.05) is 0 Å². The molecule has 6 nitrogen and oxygen atoms in total.